The van der Waals surface area contributed by atoms with Gasteiger partial charge in [0.2, 0.25) is 0 Å². The standard InChI is InChI=1S/C17H17N/c1-11-8-12(2)17(13(3)9-11)15-4-5-16-14(10-15)6-7-18-16/h4-10,18H,1-3H3. The molecule has 1 aromatic heterocycles. The number of aromatic amines is 1. The molecule has 0 unspecified atom stereocenters. The van der Waals surface area contributed by atoms with Crippen LogP contribution in [0.25, 0.3) is 22.0 Å². The van der Waals surface area contributed by atoms with Crippen LogP contribution >= 0.6 is 0 Å². The van der Waals surface area contributed by atoms with Gasteiger partial charge in [-0.05, 0) is 66.6 Å². The number of rotatable bonds is 1. The lowest BCUT2D eigenvalue weighted by Crippen LogP contribution is -1.89. The fourth-order valence-electron chi connectivity index (χ4n) is 2.84. The summed E-state index contributed by atoms with van der Waals surface area (Å²) >= 11 is 0. The highest BCUT2D eigenvalue weighted by molar-refractivity contribution is 5.86. The van der Waals surface area contributed by atoms with E-state index in [-0.39, 0.29) is 0 Å². The van der Waals surface area contributed by atoms with Gasteiger partial charge in [0.05, 0.1) is 0 Å². The van der Waals surface area contributed by atoms with Crippen molar-refractivity contribution in [2.75, 3.05) is 0 Å². The third kappa shape index (κ3) is 1.72. The van der Waals surface area contributed by atoms with Gasteiger partial charge in [0.15, 0.2) is 0 Å². The molecule has 0 fully saturated rings. The Morgan fingerprint density at radius 1 is 0.833 bits per heavy atom. The van der Waals surface area contributed by atoms with Crippen molar-refractivity contribution in [3.05, 3.63) is 59.3 Å². The molecule has 0 atom stereocenters. The second-order valence-corrected chi connectivity index (χ2v) is 5.05. The lowest BCUT2D eigenvalue weighted by Gasteiger charge is -2.11. The third-order valence-electron chi connectivity index (χ3n) is 3.52. The number of fused-ring (bicyclic) bond motifs is 1. The van der Waals surface area contributed by atoms with Crippen molar-refractivity contribution in [1.82, 2.24) is 4.98 Å². The normalized spacial score (nSPS) is 11.1. The minimum Gasteiger partial charge on any atom is -0.361 e. The highest BCUT2D eigenvalue weighted by Crippen LogP contribution is 2.30. The van der Waals surface area contributed by atoms with Gasteiger partial charge in [-0.3, -0.25) is 0 Å². The van der Waals surface area contributed by atoms with E-state index in [4.69, 9.17) is 0 Å². The first-order chi connectivity index (χ1) is 8.65. The van der Waals surface area contributed by atoms with Crippen molar-refractivity contribution in [1.29, 1.82) is 0 Å². The van der Waals surface area contributed by atoms with Gasteiger partial charge in [-0.25, -0.2) is 0 Å². The molecule has 0 radical (unpaired) electrons. The van der Waals surface area contributed by atoms with E-state index < -0.39 is 0 Å². The molecule has 1 heteroatoms. The third-order valence-corrected chi connectivity index (χ3v) is 3.52. The lowest BCUT2D eigenvalue weighted by atomic mass is 9.93. The van der Waals surface area contributed by atoms with E-state index in [1.165, 1.54) is 38.7 Å². The molecular formula is C17H17N. The van der Waals surface area contributed by atoms with E-state index in [2.05, 4.69) is 62.2 Å². The summed E-state index contributed by atoms with van der Waals surface area (Å²) in [6, 6.07) is 13.2. The molecule has 1 nitrogen and oxygen atoms in total. The van der Waals surface area contributed by atoms with Gasteiger partial charge in [-0.2, -0.15) is 0 Å². The van der Waals surface area contributed by atoms with Crippen LogP contribution in [0.1, 0.15) is 16.7 Å². The quantitative estimate of drug-likeness (QED) is 0.626. The van der Waals surface area contributed by atoms with Crippen molar-refractivity contribution >= 4 is 10.9 Å². The SMILES string of the molecule is Cc1cc(C)c(-c2ccc3[nH]ccc3c2)c(C)c1. The fraction of sp³-hybridized carbons (Fsp3) is 0.176. The molecule has 2 aromatic carbocycles. The van der Waals surface area contributed by atoms with E-state index in [0.29, 0.717) is 0 Å². The zero-order valence-electron chi connectivity index (χ0n) is 11.0. The maximum absolute atomic E-state index is 3.24. The van der Waals surface area contributed by atoms with Crippen LogP contribution in [0.4, 0.5) is 0 Å². The van der Waals surface area contributed by atoms with Gasteiger partial charge < -0.3 is 4.98 Å². The second-order valence-electron chi connectivity index (χ2n) is 5.05. The molecule has 0 aliphatic rings. The van der Waals surface area contributed by atoms with Crippen LogP contribution in [0.3, 0.4) is 0 Å². The summed E-state index contributed by atoms with van der Waals surface area (Å²) in [6.45, 7) is 6.53. The Balaban J connectivity index is 2.25. The summed E-state index contributed by atoms with van der Waals surface area (Å²) in [4.78, 5) is 3.24. The van der Waals surface area contributed by atoms with Crippen LogP contribution in [0.15, 0.2) is 42.6 Å². The summed E-state index contributed by atoms with van der Waals surface area (Å²) in [5.74, 6) is 0. The van der Waals surface area contributed by atoms with Crippen LogP contribution in [0.2, 0.25) is 0 Å². The first-order valence-electron chi connectivity index (χ1n) is 6.30. The molecule has 0 amide bonds. The topological polar surface area (TPSA) is 15.8 Å². The number of hydrogen-bond donors (Lipinski definition) is 1. The minimum absolute atomic E-state index is 1.20. The Morgan fingerprint density at radius 3 is 2.28 bits per heavy atom. The van der Waals surface area contributed by atoms with Gasteiger partial charge in [0, 0.05) is 11.7 Å². The predicted molar refractivity (Wildman–Crippen MR) is 77.9 cm³/mol. The van der Waals surface area contributed by atoms with Gasteiger partial charge in [-0.1, -0.05) is 23.8 Å². The molecular weight excluding hydrogens is 218 g/mol. The summed E-state index contributed by atoms with van der Waals surface area (Å²) < 4.78 is 0. The van der Waals surface area contributed by atoms with Gasteiger partial charge in [0.25, 0.3) is 0 Å². The maximum atomic E-state index is 3.24. The van der Waals surface area contributed by atoms with Gasteiger partial charge in [0.1, 0.15) is 0 Å². The molecule has 0 saturated carbocycles. The van der Waals surface area contributed by atoms with Crippen molar-refractivity contribution in [3.63, 3.8) is 0 Å². The van der Waals surface area contributed by atoms with E-state index >= 15 is 0 Å². The molecule has 0 spiro atoms. The number of H-pyrrole nitrogens is 1. The van der Waals surface area contributed by atoms with Crippen LogP contribution in [0, 0.1) is 20.8 Å². The predicted octanol–water partition coefficient (Wildman–Crippen LogP) is 4.76. The Morgan fingerprint density at radius 2 is 1.56 bits per heavy atom. The molecule has 18 heavy (non-hydrogen) atoms. The minimum atomic E-state index is 1.20. The highest BCUT2D eigenvalue weighted by atomic mass is 14.7. The average molecular weight is 235 g/mol. The zero-order valence-corrected chi connectivity index (χ0v) is 11.0. The molecule has 90 valence electrons. The van der Waals surface area contributed by atoms with E-state index in [1.807, 2.05) is 6.20 Å². The molecule has 3 rings (SSSR count). The van der Waals surface area contributed by atoms with E-state index in [1.54, 1.807) is 0 Å². The summed E-state index contributed by atoms with van der Waals surface area (Å²) in [6.07, 6.45) is 1.99. The van der Waals surface area contributed by atoms with Crippen molar-refractivity contribution in [2.45, 2.75) is 20.8 Å². The zero-order chi connectivity index (χ0) is 12.7. The van der Waals surface area contributed by atoms with Crippen molar-refractivity contribution in [2.24, 2.45) is 0 Å². The summed E-state index contributed by atoms with van der Waals surface area (Å²) in [5, 5.41) is 1.27. The molecule has 1 N–H and O–H groups in total. The smallest absolute Gasteiger partial charge is 0.0454 e. The van der Waals surface area contributed by atoms with Gasteiger partial charge >= 0.3 is 0 Å². The molecule has 1 heterocycles. The van der Waals surface area contributed by atoms with Crippen LogP contribution in [0.5, 0.6) is 0 Å². The summed E-state index contributed by atoms with van der Waals surface area (Å²) in [7, 11) is 0. The number of aryl methyl sites for hydroxylation is 3. The van der Waals surface area contributed by atoms with E-state index in [9.17, 15) is 0 Å². The largest absolute Gasteiger partial charge is 0.361 e. The number of nitrogens with one attached hydrogen (secondary N) is 1. The Bertz CT molecular complexity index is 696. The van der Waals surface area contributed by atoms with Crippen molar-refractivity contribution in [3.8, 4) is 11.1 Å². The molecule has 0 aliphatic heterocycles. The first kappa shape index (κ1) is 11.1. The molecule has 0 bridgehead atoms. The second kappa shape index (κ2) is 4.02. The van der Waals surface area contributed by atoms with Crippen LogP contribution in [-0.2, 0) is 0 Å². The molecule has 3 aromatic rings. The number of benzene rings is 2. The van der Waals surface area contributed by atoms with Crippen molar-refractivity contribution < 1.29 is 0 Å². The monoisotopic (exact) mass is 235 g/mol. The molecule has 0 aliphatic carbocycles. The summed E-state index contributed by atoms with van der Waals surface area (Å²) in [5.41, 5.74) is 7.89. The number of aromatic nitrogens is 1. The lowest BCUT2D eigenvalue weighted by molar-refractivity contribution is 1.32. The Hall–Kier alpha value is -2.02. The highest BCUT2D eigenvalue weighted by Gasteiger charge is 2.07. The molecule has 0 saturated heterocycles. The van der Waals surface area contributed by atoms with Gasteiger partial charge in [-0.15, -0.1) is 0 Å². The fourth-order valence-corrected chi connectivity index (χ4v) is 2.84. The first-order valence-corrected chi connectivity index (χ1v) is 6.30. The Labute approximate surface area is 107 Å². The average Bonchev–Trinajstić information content (AvgIpc) is 2.74. The maximum Gasteiger partial charge on any atom is 0.0454 e. The van der Waals surface area contributed by atoms with E-state index in [0.717, 1.165) is 0 Å². The Kier molecular flexibility index (Phi) is 2.48. The number of hydrogen-bond acceptors (Lipinski definition) is 0. The van der Waals surface area contributed by atoms with Crippen LogP contribution < -0.4 is 0 Å². The van der Waals surface area contributed by atoms with Crippen LogP contribution in [-0.4, -0.2) is 4.98 Å².